The lowest BCUT2D eigenvalue weighted by Gasteiger charge is -2.10. The van der Waals surface area contributed by atoms with Crippen LogP contribution in [0.4, 0.5) is 0 Å². The first-order valence-corrected chi connectivity index (χ1v) is 4.97. The lowest BCUT2D eigenvalue weighted by atomic mass is 10.3. The highest BCUT2D eigenvalue weighted by Crippen LogP contribution is 2.12. The van der Waals surface area contributed by atoms with Crippen molar-refractivity contribution in [2.75, 3.05) is 12.4 Å². The summed E-state index contributed by atoms with van der Waals surface area (Å²) in [5.74, 6) is 0.181. The molecule has 3 nitrogen and oxygen atoms in total. The van der Waals surface area contributed by atoms with Crippen molar-refractivity contribution in [1.29, 1.82) is 0 Å². The number of carbonyl (C=O) groups excluding carboxylic acids is 2. The molecule has 0 saturated heterocycles. The fourth-order valence-electron chi connectivity index (χ4n) is 0.736. The molecular weight excluding hydrogens is 176 g/mol. The van der Waals surface area contributed by atoms with Crippen molar-refractivity contribution < 1.29 is 14.3 Å². The predicted molar refractivity (Wildman–Crippen MR) is 49.2 cm³/mol. The molecule has 0 amide bonds. The van der Waals surface area contributed by atoms with Gasteiger partial charge in [0.25, 0.3) is 0 Å². The van der Waals surface area contributed by atoms with Crippen LogP contribution in [-0.2, 0) is 14.3 Å². The van der Waals surface area contributed by atoms with E-state index in [4.69, 9.17) is 4.74 Å². The third kappa shape index (κ3) is 3.76. The summed E-state index contributed by atoms with van der Waals surface area (Å²) in [5.41, 5.74) is 0. The average molecular weight is 190 g/mol. The number of ether oxygens (including phenoxy) is 1. The van der Waals surface area contributed by atoms with Crippen LogP contribution in [0.25, 0.3) is 0 Å². The summed E-state index contributed by atoms with van der Waals surface area (Å²) in [6.07, 6.45) is 0. The van der Waals surface area contributed by atoms with Crippen LogP contribution in [0.3, 0.4) is 0 Å². The van der Waals surface area contributed by atoms with Crippen LogP contribution >= 0.6 is 11.8 Å². The van der Waals surface area contributed by atoms with E-state index in [9.17, 15) is 9.59 Å². The molecule has 0 aromatic rings. The van der Waals surface area contributed by atoms with Gasteiger partial charge in [-0.2, -0.15) is 0 Å². The molecule has 0 aromatic heterocycles. The summed E-state index contributed by atoms with van der Waals surface area (Å²) >= 11 is 1.31. The van der Waals surface area contributed by atoms with Gasteiger partial charge in [0, 0.05) is 0 Å². The maximum absolute atomic E-state index is 11.1. The molecule has 0 aliphatic carbocycles. The molecule has 0 radical (unpaired) electrons. The van der Waals surface area contributed by atoms with Gasteiger partial charge in [0.1, 0.15) is 0 Å². The first-order valence-electron chi connectivity index (χ1n) is 3.92. The Morgan fingerprint density at radius 3 is 2.33 bits per heavy atom. The SMILES string of the molecule is CCOC(=O)C(SCC)C(C)=O. The molecule has 12 heavy (non-hydrogen) atoms. The first kappa shape index (κ1) is 11.5. The molecular formula is C8H14O3S. The van der Waals surface area contributed by atoms with Crippen molar-refractivity contribution in [3.05, 3.63) is 0 Å². The molecule has 0 N–H and O–H groups in total. The van der Waals surface area contributed by atoms with Crippen molar-refractivity contribution in [3.63, 3.8) is 0 Å². The number of Topliss-reactive ketones (excluding diaryl/α,β-unsaturated/α-hetero) is 1. The van der Waals surface area contributed by atoms with Crippen LogP contribution in [0, 0.1) is 0 Å². The van der Waals surface area contributed by atoms with Gasteiger partial charge in [-0.05, 0) is 19.6 Å². The van der Waals surface area contributed by atoms with E-state index in [2.05, 4.69) is 0 Å². The minimum atomic E-state index is -0.630. The second-order valence-corrected chi connectivity index (χ2v) is 3.58. The number of thioether (sulfide) groups is 1. The summed E-state index contributed by atoms with van der Waals surface area (Å²) in [5, 5.41) is -0.630. The predicted octanol–water partition coefficient (Wildman–Crippen LogP) is 1.26. The Hall–Kier alpha value is -0.510. The van der Waals surface area contributed by atoms with Gasteiger partial charge in [0.2, 0.25) is 0 Å². The number of rotatable bonds is 5. The van der Waals surface area contributed by atoms with Crippen molar-refractivity contribution >= 4 is 23.5 Å². The minimum Gasteiger partial charge on any atom is -0.465 e. The molecule has 0 aliphatic heterocycles. The smallest absolute Gasteiger partial charge is 0.326 e. The largest absolute Gasteiger partial charge is 0.465 e. The van der Waals surface area contributed by atoms with Crippen LogP contribution in [-0.4, -0.2) is 29.4 Å². The van der Waals surface area contributed by atoms with Crippen molar-refractivity contribution in [1.82, 2.24) is 0 Å². The highest BCUT2D eigenvalue weighted by atomic mass is 32.2. The highest BCUT2D eigenvalue weighted by Gasteiger charge is 2.23. The van der Waals surface area contributed by atoms with E-state index in [-0.39, 0.29) is 5.78 Å². The lowest BCUT2D eigenvalue weighted by molar-refractivity contribution is -0.144. The Morgan fingerprint density at radius 2 is 2.00 bits per heavy atom. The molecule has 0 fully saturated rings. The van der Waals surface area contributed by atoms with Crippen LogP contribution in [0.5, 0.6) is 0 Å². The van der Waals surface area contributed by atoms with Gasteiger partial charge in [-0.3, -0.25) is 9.59 Å². The zero-order valence-corrected chi connectivity index (χ0v) is 8.44. The van der Waals surface area contributed by atoms with Crippen LogP contribution < -0.4 is 0 Å². The molecule has 0 aromatic carbocycles. The summed E-state index contributed by atoms with van der Waals surface area (Å²) in [6, 6.07) is 0. The topological polar surface area (TPSA) is 43.4 Å². The van der Waals surface area contributed by atoms with E-state index < -0.39 is 11.2 Å². The van der Waals surface area contributed by atoms with Gasteiger partial charge in [-0.25, -0.2) is 0 Å². The average Bonchev–Trinajstić information content (AvgIpc) is 1.99. The molecule has 0 heterocycles. The molecule has 4 heteroatoms. The van der Waals surface area contributed by atoms with Crippen LogP contribution in [0.1, 0.15) is 20.8 Å². The normalized spacial score (nSPS) is 12.2. The van der Waals surface area contributed by atoms with Crippen molar-refractivity contribution in [2.24, 2.45) is 0 Å². The Morgan fingerprint density at radius 1 is 1.42 bits per heavy atom. The minimum absolute atomic E-state index is 0.139. The molecule has 1 unspecified atom stereocenters. The summed E-state index contributed by atoms with van der Waals surface area (Å²) < 4.78 is 4.74. The van der Waals surface area contributed by atoms with Crippen molar-refractivity contribution in [3.8, 4) is 0 Å². The molecule has 0 aliphatic rings. The molecule has 0 bridgehead atoms. The van der Waals surface area contributed by atoms with Gasteiger partial charge in [-0.1, -0.05) is 6.92 Å². The van der Waals surface area contributed by atoms with Crippen LogP contribution in [0.15, 0.2) is 0 Å². The van der Waals surface area contributed by atoms with E-state index in [1.54, 1.807) is 6.92 Å². The van der Waals surface area contributed by atoms with Gasteiger partial charge in [0.05, 0.1) is 6.61 Å². The molecule has 70 valence electrons. The Kier molecular flexibility index (Phi) is 5.80. The number of ketones is 1. The van der Waals surface area contributed by atoms with Crippen LogP contribution in [0.2, 0.25) is 0 Å². The van der Waals surface area contributed by atoms with E-state index >= 15 is 0 Å². The molecule has 1 atom stereocenters. The lowest BCUT2D eigenvalue weighted by Crippen LogP contribution is -2.27. The second-order valence-electron chi connectivity index (χ2n) is 2.20. The Balaban J connectivity index is 4.09. The number of carbonyl (C=O) groups is 2. The van der Waals surface area contributed by atoms with E-state index in [1.807, 2.05) is 6.92 Å². The molecule has 0 rings (SSSR count). The zero-order chi connectivity index (χ0) is 9.56. The fraction of sp³-hybridized carbons (Fsp3) is 0.750. The maximum atomic E-state index is 11.1. The number of hydrogen-bond acceptors (Lipinski definition) is 4. The highest BCUT2D eigenvalue weighted by molar-refractivity contribution is 8.01. The Labute approximate surface area is 76.9 Å². The number of esters is 1. The van der Waals surface area contributed by atoms with Gasteiger partial charge >= 0.3 is 5.97 Å². The second kappa shape index (κ2) is 6.06. The van der Waals surface area contributed by atoms with E-state index in [0.29, 0.717) is 6.61 Å². The molecule has 0 spiro atoms. The Bertz CT molecular complexity index is 168. The van der Waals surface area contributed by atoms with Gasteiger partial charge < -0.3 is 4.74 Å². The first-order chi connectivity index (χ1) is 5.63. The van der Waals surface area contributed by atoms with Gasteiger partial charge in [-0.15, -0.1) is 11.8 Å². The fourth-order valence-corrected chi connectivity index (χ4v) is 1.51. The zero-order valence-electron chi connectivity index (χ0n) is 7.62. The number of hydrogen-bond donors (Lipinski definition) is 0. The van der Waals surface area contributed by atoms with E-state index in [0.717, 1.165) is 5.75 Å². The monoisotopic (exact) mass is 190 g/mol. The summed E-state index contributed by atoms with van der Waals surface area (Å²) in [6.45, 7) is 5.36. The third-order valence-electron chi connectivity index (χ3n) is 1.20. The van der Waals surface area contributed by atoms with E-state index in [1.165, 1.54) is 18.7 Å². The van der Waals surface area contributed by atoms with Crippen molar-refractivity contribution in [2.45, 2.75) is 26.0 Å². The third-order valence-corrected chi connectivity index (χ3v) is 2.39. The summed E-state index contributed by atoms with van der Waals surface area (Å²) in [7, 11) is 0. The molecule has 0 saturated carbocycles. The quantitative estimate of drug-likeness (QED) is 0.483. The maximum Gasteiger partial charge on any atom is 0.326 e. The summed E-state index contributed by atoms with van der Waals surface area (Å²) in [4.78, 5) is 22.0. The standard InChI is InChI=1S/C8H14O3S/c1-4-11-8(10)7(6(3)9)12-5-2/h7H,4-5H2,1-3H3. The van der Waals surface area contributed by atoms with Gasteiger partial charge in [0.15, 0.2) is 11.0 Å².